The van der Waals surface area contributed by atoms with Crippen LogP contribution in [-0.4, -0.2) is 34.7 Å². The van der Waals surface area contributed by atoms with Crippen molar-refractivity contribution in [1.29, 1.82) is 0 Å². The highest BCUT2D eigenvalue weighted by atomic mass is 16.6. The molecule has 1 aliphatic carbocycles. The lowest BCUT2D eigenvalue weighted by Gasteiger charge is -2.30. The molecule has 0 radical (unpaired) electrons. The van der Waals surface area contributed by atoms with Crippen LogP contribution in [0.3, 0.4) is 0 Å². The van der Waals surface area contributed by atoms with Crippen LogP contribution in [0.2, 0.25) is 0 Å². The minimum absolute atomic E-state index is 0.0456. The van der Waals surface area contributed by atoms with E-state index in [0.717, 1.165) is 4.90 Å². The molecule has 8 heteroatoms. The number of nitro groups is 1. The summed E-state index contributed by atoms with van der Waals surface area (Å²) in [4.78, 5) is 49.0. The van der Waals surface area contributed by atoms with Gasteiger partial charge in [0, 0.05) is 18.7 Å². The second-order valence-corrected chi connectivity index (χ2v) is 6.98. The predicted octanol–water partition coefficient (Wildman–Crippen LogP) is 2.00. The van der Waals surface area contributed by atoms with E-state index in [-0.39, 0.29) is 30.0 Å². The summed E-state index contributed by atoms with van der Waals surface area (Å²) in [5.41, 5.74) is 0.909. The standard InChI is InChI=1S/C19H20N2O6/c1-10-7-8-13-16(18(23)20(3)17(13)22)15(10)19(24)27-9-12-5-4-6-14(11(12)2)21(25)26/h4-8,10,13,15-16H,9H2,1-3H3/t10-,13-,15-,16+/m1/s1. The van der Waals surface area contributed by atoms with E-state index in [1.165, 1.54) is 19.2 Å². The quantitative estimate of drug-likeness (QED) is 0.263. The van der Waals surface area contributed by atoms with Crippen molar-refractivity contribution in [1.82, 2.24) is 4.90 Å². The maximum Gasteiger partial charge on any atom is 0.310 e. The number of ether oxygens (including phenoxy) is 1. The number of carbonyl (C=O) groups is 3. The maximum atomic E-state index is 12.7. The van der Waals surface area contributed by atoms with Gasteiger partial charge in [0.05, 0.1) is 22.7 Å². The smallest absolute Gasteiger partial charge is 0.310 e. The van der Waals surface area contributed by atoms with Gasteiger partial charge >= 0.3 is 5.97 Å². The van der Waals surface area contributed by atoms with Gasteiger partial charge in [-0.05, 0) is 18.4 Å². The molecule has 27 heavy (non-hydrogen) atoms. The highest BCUT2D eigenvalue weighted by molar-refractivity contribution is 6.07. The summed E-state index contributed by atoms with van der Waals surface area (Å²) in [5, 5.41) is 11.0. The van der Waals surface area contributed by atoms with Crippen molar-refractivity contribution < 1.29 is 24.0 Å². The lowest BCUT2D eigenvalue weighted by atomic mass is 9.72. The molecule has 8 nitrogen and oxygen atoms in total. The Morgan fingerprint density at radius 1 is 1.26 bits per heavy atom. The summed E-state index contributed by atoms with van der Waals surface area (Å²) in [6.07, 6.45) is 3.45. The predicted molar refractivity (Wildman–Crippen MR) is 94.2 cm³/mol. The summed E-state index contributed by atoms with van der Waals surface area (Å²) in [7, 11) is 1.41. The van der Waals surface area contributed by atoms with Gasteiger partial charge in [0.2, 0.25) is 11.8 Å². The third kappa shape index (κ3) is 3.11. The van der Waals surface area contributed by atoms with E-state index in [4.69, 9.17) is 4.74 Å². The van der Waals surface area contributed by atoms with E-state index >= 15 is 0 Å². The number of nitrogens with zero attached hydrogens (tertiary/aromatic N) is 2. The summed E-state index contributed by atoms with van der Waals surface area (Å²) in [5.74, 6) is -3.70. The van der Waals surface area contributed by atoms with E-state index in [1.54, 1.807) is 32.1 Å². The first-order valence-electron chi connectivity index (χ1n) is 8.63. The van der Waals surface area contributed by atoms with Crippen LogP contribution >= 0.6 is 0 Å². The zero-order chi connectivity index (χ0) is 19.9. The molecule has 1 saturated heterocycles. The first-order chi connectivity index (χ1) is 12.7. The van der Waals surface area contributed by atoms with Crippen LogP contribution in [0, 0.1) is 40.7 Å². The number of imide groups is 1. The molecule has 0 N–H and O–H groups in total. The van der Waals surface area contributed by atoms with Crippen molar-refractivity contribution in [3.05, 3.63) is 51.6 Å². The molecule has 2 aliphatic rings. The lowest BCUT2D eigenvalue weighted by molar-refractivity contribution is -0.385. The van der Waals surface area contributed by atoms with Crippen molar-refractivity contribution in [3.8, 4) is 0 Å². The molecular formula is C19H20N2O6. The number of carbonyl (C=O) groups excluding carboxylic acids is 3. The number of rotatable bonds is 4. The van der Waals surface area contributed by atoms with Crippen molar-refractivity contribution in [2.75, 3.05) is 7.05 Å². The number of hydrogen-bond donors (Lipinski definition) is 0. The average molecular weight is 372 g/mol. The number of hydrogen-bond acceptors (Lipinski definition) is 6. The van der Waals surface area contributed by atoms with Crippen LogP contribution in [0.1, 0.15) is 18.1 Å². The Bertz CT molecular complexity index is 862. The minimum atomic E-state index is -0.764. The number of allylic oxidation sites excluding steroid dienone is 1. The number of nitro benzene ring substituents is 1. The molecule has 1 fully saturated rings. The van der Waals surface area contributed by atoms with Gasteiger partial charge in [0.25, 0.3) is 5.69 Å². The van der Waals surface area contributed by atoms with Gasteiger partial charge < -0.3 is 4.74 Å². The number of fused-ring (bicyclic) bond motifs is 1. The van der Waals surface area contributed by atoms with Gasteiger partial charge in [0.1, 0.15) is 6.61 Å². The molecule has 2 amide bonds. The molecule has 4 atom stereocenters. The van der Waals surface area contributed by atoms with E-state index in [2.05, 4.69) is 0 Å². The SMILES string of the molecule is Cc1c(COC(=O)[C@H]2[C@H]3C(=O)N(C)C(=O)[C@@H]3C=C[C@H]2C)cccc1[N+](=O)[O-]. The maximum absolute atomic E-state index is 12.7. The first kappa shape index (κ1) is 18.8. The van der Waals surface area contributed by atoms with Gasteiger partial charge in [-0.2, -0.15) is 0 Å². The highest BCUT2D eigenvalue weighted by Crippen LogP contribution is 2.41. The van der Waals surface area contributed by atoms with Crippen LogP contribution < -0.4 is 0 Å². The van der Waals surface area contributed by atoms with Crippen molar-refractivity contribution in [3.63, 3.8) is 0 Å². The van der Waals surface area contributed by atoms with Crippen molar-refractivity contribution in [2.24, 2.45) is 23.7 Å². The molecular weight excluding hydrogens is 352 g/mol. The number of esters is 1. The monoisotopic (exact) mass is 372 g/mol. The fourth-order valence-corrected chi connectivity index (χ4v) is 3.81. The number of likely N-dealkylation sites (tertiary alicyclic amines) is 1. The van der Waals surface area contributed by atoms with Gasteiger partial charge in [-0.1, -0.05) is 31.2 Å². The molecule has 0 saturated carbocycles. The van der Waals surface area contributed by atoms with Crippen molar-refractivity contribution in [2.45, 2.75) is 20.5 Å². The molecule has 1 aromatic carbocycles. The summed E-state index contributed by atoms with van der Waals surface area (Å²) in [6.45, 7) is 3.26. The Kier molecular flexibility index (Phi) is 4.82. The number of benzene rings is 1. The highest BCUT2D eigenvalue weighted by Gasteiger charge is 2.53. The molecule has 142 valence electrons. The Labute approximate surface area is 155 Å². The Hall–Kier alpha value is -3.03. The average Bonchev–Trinajstić information content (AvgIpc) is 2.84. The van der Waals surface area contributed by atoms with Crippen LogP contribution in [0.25, 0.3) is 0 Å². The largest absolute Gasteiger partial charge is 0.461 e. The molecule has 0 bridgehead atoms. The van der Waals surface area contributed by atoms with Gasteiger partial charge in [-0.25, -0.2) is 0 Å². The second kappa shape index (κ2) is 6.94. The summed E-state index contributed by atoms with van der Waals surface area (Å²) >= 11 is 0. The Morgan fingerprint density at radius 2 is 1.96 bits per heavy atom. The molecule has 0 spiro atoms. The van der Waals surface area contributed by atoms with Crippen molar-refractivity contribution >= 4 is 23.5 Å². The normalized spacial score (nSPS) is 26.9. The van der Waals surface area contributed by atoms with E-state index < -0.39 is 28.6 Å². The fraction of sp³-hybridized carbons (Fsp3) is 0.421. The topological polar surface area (TPSA) is 107 Å². The summed E-state index contributed by atoms with van der Waals surface area (Å²) < 4.78 is 5.40. The Balaban J connectivity index is 1.79. The van der Waals surface area contributed by atoms with E-state index in [1.807, 2.05) is 0 Å². The molecule has 1 aromatic rings. The Morgan fingerprint density at radius 3 is 2.63 bits per heavy atom. The molecule has 3 rings (SSSR count). The summed E-state index contributed by atoms with van der Waals surface area (Å²) in [6, 6.07) is 4.57. The van der Waals surface area contributed by atoms with Gasteiger partial charge in [0.15, 0.2) is 0 Å². The molecule has 0 aromatic heterocycles. The first-order valence-corrected chi connectivity index (χ1v) is 8.63. The zero-order valence-electron chi connectivity index (χ0n) is 15.2. The lowest BCUT2D eigenvalue weighted by Crippen LogP contribution is -2.39. The van der Waals surface area contributed by atoms with Crippen LogP contribution in [-0.2, 0) is 25.7 Å². The molecule has 1 aliphatic heterocycles. The van der Waals surface area contributed by atoms with E-state index in [0.29, 0.717) is 11.1 Å². The molecule has 1 heterocycles. The van der Waals surface area contributed by atoms with E-state index in [9.17, 15) is 24.5 Å². The number of amides is 2. The second-order valence-electron chi connectivity index (χ2n) is 6.98. The van der Waals surface area contributed by atoms with Gasteiger partial charge in [-0.15, -0.1) is 0 Å². The minimum Gasteiger partial charge on any atom is -0.461 e. The van der Waals surface area contributed by atoms with Crippen LogP contribution in [0.15, 0.2) is 30.4 Å². The third-order valence-corrected chi connectivity index (χ3v) is 5.45. The van der Waals surface area contributed by atoms with Gasteiger partial charge in [-0.3, -0.25) is 29.4 Å². The molecule has 0 unspecified atom stereocenters. The van der Waals surface area contributed by atoms with Crippen LogP contribution in [0.5, 0.6) is 0 Å². The fourth-order valence-electron chi connectivity index (χ4n) is 3.81. The van der Waals surface area contributed by atoms with Crippen LogP contribution in [0.4, 0.5) is 5.69 Å². The third-order valence-electron chi connectivity index (χ3n) is 5.45. The zero-order valence-corrected chi connectivity index (χ0v) is 15.2.